The molecule has 1 saturated carbocycles. The van der Waals surface area contributed by atoms with E-state index in [-0.39, 0.29) is 12.5 Å². The highest BCUT2D eigenvalue weighted by Crippen LogP contribution is 2.28. The maximum absolute atomic E-state index is 12.2. The van der Waals surface area contributed by atoms with Crippen LogP contribution in [0.2, 0.25) is 0 Å². The second-order valence-electron chi connectivity index (χ2n) is 5.16. The minimum Gasteiger partial charge on any atom is -0.395 e. The van der Waals surface area contributed by atoms with Gasteiger partial charge >= 0.3 is 0 Å². The van der Waals surface area contributed by atoms with Crippen molar-refractivity contribution < 1.29 is 9.90 Å². The van der Waals surface area contributed by atoms with Crippen molar-refractivity contribution in [2.45, 2.75) is 32.1 Å². The molecular weight excluding hydrogens is 250 g/mol. The van der Waals surface area contributed by atoms with Crippen molar-refractivity contribution >= 4 is 5.91 Å². The van der Waals surface area contributed by atoms with Gasteiger partial charge in [0.2, 0.25) is 0 Å². The molecule has 0 spiro atoms. The van der Waals surface area contributed by atoms with Gasteiger partial charge in [0.05, 0.1) is 12.2 Å². The van der Waals surface area contributed by atoms with Crippen LogP contribution >= 0.6 is 0 Å². The molecule has 1 amide bonds. The van der Waals surface area contributed by atoms with Gasteiger partial charge in [-0.1, -0.05) is 43.2 Å². The van der Waals surface area contributed by atoms with E-state index in [1.165, 1.54) is 19.3 Å². The number of carbonyl (C=O) groups is 1. The molecule has 0 unspecified atom stereocenters. The van der Waals surface area contributed by atoms with Crippen LogP contribution in [0.15, 0.2) is 24.3 Å². The molecule has 0 atom stereocenters. The van der Waals surface area contributed by atoms with Crippen LogP contribution in [0.4, 0.5) is 0 Å². The molecule has 0 aliphatic heterocycles. The summed E-state index contributed by atoms with van der Waals surface area (Å²) in [6, 6.07) is 7.35. The monoisotopic (exact) mass is 271 g/mol. The zero-order valence-electron chi connectivity index (χ0n) is 11.7. The fraction of sp³-hybridized carbons (Fsp3) is 0.471. The van der Waals surface area contributed by atoms with Crippen LogP contribution in [0.1, 0.15) is 48.0 Å². The summed E-state index contributed by atoms with van der Waals surface area (Å²) in [7, 11) is 0. The molecule has 106 valence electrons. The number of aliphatic hydroxyl groups is 1. The van der Waals surface area contributed by atoms with Gasteiger partial charge in [-0.15, -0.1) is 0 Å². The molecule has 0 heterocycles. The summed E-state index contributed by atoms with van der Waals surface area (Å²) in [5, 5.41) is 11.7. The third-order valence-corrected chi connectivity index (χ3v) is 3.69. The Morgan fingerprint density at radius 1 is 1.35 bits per heavy atom. The lowest BCUT2D eigenvalue weighted by Crippen LogP contribution is -2.27. The Labute approximate surface area is 120 Å². The number of aliphatic hydroxyl groups excluding tert-OH is 1. The van der Waals surface area contributed by atoms with Crippen molar-refractivity contribution in [3.05, 3.63) is 35.4 Å². The Morgan fingerprint density at radius 2 is 2.15 bits per heavy atom. The molecule has 0 saturated heterocycles. The topological polar surface area (TPSA) is 49.3 Å². The number of amides is 1. The number of carbonyl (C=O) groups excluding carboxylic acids is 1. The Hall–Kier alpha value is -1.79. The summed E-state index contributed by atoms with van der Waals surface area (Å²) in [4.78, 5) is 12.2. The number of benzene rings is 1. The van der Waals surface area contributed by atoms with E-state index in [9.17, 15) is 4.79 Å². The standard InChI is InChI=1S/C17H21NO2/c19-13-4-3-9-15-8-1-2-10-16(15)17(20)18-12-11-14-6-5-7-14/h1-2,8,10,14,19H,4-7,11-13H2,(H,18,20). The van der Waals surface area contributed by atoms with Crippen LogP contribution in [0.3, 0.4) is 0 Å². The van der Waals surface area contributed by atoms with Gasteiger partial charge in [-0.25, -0.2) is 0 Å². The lowest BCUT2D eigenvalue weighted by molar-refractivity contribution is 0.0948. The Kier molecular flexibility index (Phi) is 5.64. The molecule has 3 nitrogen and oxygen atoms in total. The van der Waals surface area contributed by atoms with Gasteiger partial charge in [0.1, 0.15) is 0 Å². The second-order valence-corrected chi connectivity index (χ2v) is 5.16. The van der Waals surface area contributed by atoms with Crippen LogP contribution in [0.5, 0.6) is 0 Å². The zero-order valence-corrected chi connectivity index (χ0v) is 11.7. The predicted molar refractivity (Wildman–Crippen MR) is 79.3 cm³/mol. The van der Waals surface area contributed by atoms with Gasteiger partial charge in [0.15, 0.2) is 0 Å². The molecule has 3 heteroatoms. The van der Waals surface area contributed by atoms with Crippen LogP contribution in [0, 0.1) is 17.8 Å². The first kappa shape index (κ1) is 14.6. The Balaban J connectivity index is 1.92. The van der Waals surface area contributed by atoms with Crippen molar-refractivity contribution in [2.75, 3.05) is 13.2 Å². The van der Waals surface area contributed by atoms with Gasteiger partial charge in [0.25, 0.3) is 5.91 Å². The summed E-state index contributed by atoms with van der Waals surface area (Å²) in [5.41, 5.74) is 1.34. The SMILES string of the molecule is O=C(NCCC1CCC1)c1ccccc1C#CCCO. The van der Waals surface area contributed by atoms with Crippen molar-refractivity contribution in [3.63, 3.8) is 0 Å². The lowest BCUT2D eigenvalue weighted by atomic mass is 9.83. The van der Waals surface area contributed by atoms with Gasteiger partial charge < -0.3 is 10.4 Å². The molecule has 1 aliphatic carbocycles. The molecule has 0 aromatic heterocycles. The third kappa shape index (κ3) is 4.11. The van der Waals surface area contributed by atoms with Crippen molar-refractivity contribution in [3.8, 4) is 11.8 Å². The smallest absolute Gasteiger partial charge is 0.252 e. The van der Waals surface area contributed by atoms with Gasteiger partial charge in [-0.05, 0) is 24.5 Å². The van der Waals surface area contributed by atoms with E-state index in [2.05, 4.69) is 17.2 Å². The zero-order chi connectivity index (χ0) is 14.2. The van der Waals surface area contributed by atoms with E-state index in [1.54, 1.807) is 6.07 Å². The van der Waals surface area contributed by atoms with E-state index < -0.39 is 0 Å². The van der Waals surface area contributed by atoms with Crippen molar-refractivity contribution in [1.29, 1.82) is 0 Å². The lowest BCUT2D eigenvalue weighted by Gasteiger charge is -2.25. The largest absolute Gasteiger partial charge is 0.395 e. The number of hydrogen-bond donors (Lipinski definition) is 2. The van der Waals surface area contributed by atoms with Gasteiger partial charge in [-0.3, -0.25) is 4.79 Å². The highest BCUT2D eigenvalue weighted by Gasteiger charge is 2.17. The maximum atomic E-state index is 12.2. The quantitative estimate of drug-likeness (QED) is 0.808. The molecule has 2 N–H and O–H groups in total. The number of nitrogens with one attached hydrogen (secondary N) is 1. The highest BCUT2D eigenvalue weighted by atomic mass is 16.2. The van der Waals surface area contributed by atoms with Crippen LogP contribution in [-0.4, -0.2) is 24.2 Å². The van der Waals surface area contributed by atoms with E-state index in [0.717, 1.165) is 24.4 Å². The minimum absolute atomic E-state index is 0.0444. The van der Waals surface area contributed by atoms with E-state index >= 15 is 0 Å². The normalized spacial score (nSPS) is 14.1. The van der Waals surface area contributed by atoms with Crippen LogP contribution < -0.4 is 5.32 Å². The molecule has 20 heavy (non-hydrogen) atoms. The molecule has 1 fully saturated rings. The fourth-order valence-corrected chi connectivity index (χ4v) is 2.27. The summed E-state index contributed by atoms with van der Waals surface area (Å²) in [6.07, 6.45) is 5.45. The van der Waals surface area contributed by atoms with E-state index in [4.69, 9.17) is 5.11 Å². The Bertz CT molecular complexity index is 509. The van der Waals surface area contributed by atoms with Crippen molar-refractivity contribution in [1.82, 2.24) is 5.32 Å². The van der Waals surface area contributed by atoms with Crippen LogP contribution in [0.25, 0.3) is 0 Å². The van der Waals surface area contributed by atoms with Crippen LogP contribution in [-0.2, 0) is 0 Å². The van der Waals surface area contributed by atoms with E-state index in [1.807, 2.05) is 18.2 Å². The van der Waals surface area contributed by atoms with Gasteiger partial charge in [-0.2, -0.15) is 0 Å². The van der Waals surface area contributed by atoms with Crippen molar-refractivity contribution in [2.24, 2.45) is 5.92 Å². The average molecular weight is 271 g/mol. The van der Waals surface area contributed by atoms with E-state index in [0.29, 0.717) is 12.0 Å². The number of hydrogen-bond acceptors (Lipinski definition) is 2. The fourth-order valence-electron chi connectivity index (χ4n) is 2.27. The minimum atomic E-state index is -0.0572. The summed E-state index contributed by atoms with van der Waals surface area (Å²) < 4.78 is 0. The molecule has 1 aromatic rings. The Morgan fingerprint density at radius 3 is 2.85 bits per heavy atom. The summed E-state index contributed by atoms with van der Waals surface area (Å²) >= 11 is 0. The van der Waals surface area contributed by atoms with Gasteiger partial charge in [0, 0.05) is 18.5 Å². The molecule has 0 bridgehead atoms. The molecule has 0 radical (unpaired) electrons. The first-order chi connectivity index (χ1) is 9.81. The molecule has 2 rings (SSSR count). The molecule has 1 aliphatic rings. The predicted octanol–water partition coefficient (Wildman–Crippen LogP) is 2.34. The first-order valence-electron chi connectivity index (χ1n) is 7.28. The number of rotatable bonds is 5. The maximum Gasteiger partial charge on any atom is 0.252 e. The molecular formula is C17H21NO2. The molecule has 1 aromatic carbocycles. The summed E-state index contributed by atoms with van der Waals surface area (Å²) in [5.74, 6) is 6.55. The first-order valence-corrected chi connectivity index (χ1v) is 7.28. The third-order valence-electron chi connectivity index (χ3n) is 3.69. The second kappa shape index (κ2) is 7.72. The highest BCUT2D eigenvalue weighted by molar-refractivity contribution is 5.96. The average Bonchev–Trinajstić information content (AvgIpc) is 2.42. The summed E-state index contributed by atoms with van der Waals surface area (Å²) in [6.45, 7) is 0.782.